The Morgan fingerprint density at radius 2 is 1.16 bits per heavy atom. The molecule has 0 bridgehead atoms. The maximum atomic E-state index is 2.45. The lowest BCUT2D eigenvalue weighted by Gasteiger charge is -2.33. The molecular formula is C35H38S3. The van der Waals surface area contributed by atoms with E-state index in [0.29, 0.717) is 0 Å². The van der Waals surface area contributed by atoms with Gasteiger partial charge < -0.3 is 0 Å². The van der Waals surface area contributed by atoms with Crippen molar-refractivity contribution in [3.8, 4) is 9.75 Å². The van der Waals surface area contributed by atoms with Crippen LogP contribution in [0.15, 0.2) is 71.4 Å². The highest BCUT2D eigenvalue weighted by atomic mass is 32.1. The molecule has 196 valence electrons. The zero-order valence-corrected chi connectivity index (χ0v) is 25.2. The zero-order chi connectivity index (χ0) is 26.0. The molecule has 1 aliphatic rings. The summed E-state index contributed by atoms with van der Waals surface area (Å²) < 4.78 is 2.91. The highest BCUT2D eigenvalue weighted by Crippen LogP contribution is 2.63. The second kappa shape index (κ2) is 11.5. The van der Waals surface area contributed by atoms with E-state index in [2.05, 4.69) is 85.3 Å². The third-order valence-electron chi connectivity index (χ3n) is 8.36. The van der Waals surface area contributed by atoms with E-state index < -0.39 is 0 Å². The summed E-state index contributed by atoms with van der Waals surface area (Å²) in [5.41, 5.74) is 8.53. The van der Waals surface area contributed by atoms with Gasteiger partial charge in [-0.15, -0.1) is 34.0 Å². The summed E-state index contributed by atoms with van der Waals surface area (Å²) in [6.07, 6.45) is 12.9. The quantitative estimate of drug-likeness (QED) is 0.132. The van der Waals surface area contributed by atoms with E-state index in [1.807, 2.05) is 34.0 Å². The van der Waals surface area contributed by atoms with Crippen molar-refractivity contribution in [3.63, 3.8) is 0 Å². The molecule has 0 saturated heterocycles. The van der Waals surface area contributed by atoms with Gasteiger partial charge in [-0.05, 0) is 76.4 Å². The maximum Gasteiger partial charge on any atom is 0.0744 e. The van der Waals surface area contributed by atoms with Gasteiger partial charge in [0.2, 0.25) is 0 Å². The van der Waals surface area contributed by atoms with Crippen LogP contribution < -0.4 is 0 Å². The summed E-state index contributed by atoms with van der Waals surface area (Å²) >= 11 is 5.83. The first-order chi connectivity index (χ1) is 18.8. The Balaban J connectivity index is 1.44. The predicted octanol–water partition coefficient (Wildman–Crippen LogP) is 11.6. The fourth-order valence-corrected chi connectivity index (χ4v) is 9.96. The van der Waals surface area contributed by atoms with Crippen LogP contribution in [0.2, 0.25) is 0 Å². The first kappa shape index (κ1) is 26.0. The average Bonchev–Trinajstić information content (AvgIpc) is 3.71. The van der Waals surface area contributed by atoms with Crippen LogP contribution in [0.25, 0.3) is 19.2 Å². The van der Waals surface area contributed by atoms with E-state index >= 15 is 0 Å². The minimum Gasteiger partial charge on any atom is -0.143 e. The van der Waals surface area contributed by atoms with Crippen molar-refractivity contribution in [1.29, 1.82) is 0 Å². The Hall–Kier alpha value is -2.20. The molecule has 0 N–H and O–H groups in total. The number of benzene rings is 2. The van der Waals surface area contributed by atoms with E-state index in [1.165, 1.54) is 117 Å². The standard InChI is InChI=1S/C35H38S3/c1-3-5-7-9-11-25-13-17-27(18-14-25)35(28-19-15-26(16-20-28)12-10-8-6-4-2)29-21-23-36-32(29)34-31(35)33-30(38-34)22-24-37-33/h13-24H,3-12H2,1-2H3. The minimum atomic E-state index is -0.241. The fourth-order valence-electron chi connectivity index (χ4n) is 6.36. The van der Waals surface area contributed by atoms with Crippen LogP contribution in [0.4, 0.5) is 0 Å². The summed E-state index contributed by atoms with van der Waals surface area (Å²) in [6, 6.07) is 24.1. The molecule has 6 rings (SSSR count). The Labute approximate surface area is 240 Å². The molecule has 0 atom stereocenters. The van der Waals surface area contributed by atoms with E-state index in [9.17, 15) is 0 Å². The summed E-state index contributed by atoms with van der Waals surface area (Å²) in [4.78, 5) is 2.96. The van der Waals surface area contributed by atoms with Crippen LogP contribution in [-0.2, 0) is 18.3 Å². The van der Waals surface area contributed by atoms with Crippen molar-refractivity contribution in [3.05, 3.63) is 105 Å². The molecule has 2 aromatic carbocycles. The van der Waals surface area contributed by atoms with Gasteiger partial charge in [0.05, 0.1) is 15.0 Å². The van der Waals surface area contributed by atoms with Crippen LogP contribution in [0.5, 0.6) is 0 Å². The smallest absolute Gasteiger partial charge is 0.0744 e. The van der Waals surface area contributed by atoms with Gasteiger partial charge in [-0.25, -0.2) is 0 Å². The van der Waals surface area contributed by atoms with Crippen LogP contribution in [0.1, 0.15) is 98.6 Å². The summed E-state index contributed by atoms with van der Waals surface area (Å²) in [6.45, 7) is 4.58. The Bertz CT molecular complexity index is 1420. The van der Waals surface area contributed by atoms with Crippen molar-refractivity contribution in [2.24, 2.45) is 0 Å². The lowest BCUT2D eigenvalue weighted by atomic mass is 9.68. The minimum absolute atomic E-state index is 0.241. The highest BCUT2D eigenvalue weighted by molar-refractivity contribution is 7.31. The van der Waals surface area contributed by atoms with Crippen LogP contribution in [0.3, 0.4) is 0 Å². The molecule has 3 aromatic heterocycles. The lowest BCUT2D eigenvalue weighted by Crippen LogP contribution is -2.28. The van der Waals surface area contributed by atoms with Crippen molar-refractivity contribution in [2.45, 2.75) is 83.5 Å². The molecular weight excluding hydrogens is 517 g/mol. The Morgan fingerprint density at radius 1 is 0.579 bits per heavy atom. The molecule has 0 spiro atoms. The first-order valence-electron chi connectivity index (χ1n) is 14.5. The molecule has 5 aromatic rings. The van der Waals surface area contributed by atoms with Crippen LogP contribution in [0, 0.1) is 0 Å². The van der Waals surface area contributed by atoms with Crippen LogP contribution >= 0.6 is 34.0 Å². The average molecular weight is 555 g/mol. The number of fused-ring (bicyclic) bond motifs is 5. The number of thiophene rings is 3. The van der Waals surface area contributed by atoms with E-state index in [-0.39, 0.29) is 5.41 Å². The molecule has 0 fully saturated rings. The monoisotopic (exact) mass is 554 g/mol. The SMILES string of the molecule is CCCCCCc1ccc(C2(c3ccc(CCCCCC)cc3)c3ccsc3-c3sc4ccsc4c32)cc1. The van der Waals surface area contributed by atoms with Crippen molar-refractivity contribution in [2.75, 3.05) is 0 Å². The normalized spacial score (nSPS) is 13.7. The number of aryl methyl sites for hydroxylation is 2. The third kappa shape index (κ3) is 4.51. The summed E-state index contributed by atoms with van der Waals surface area (Å²) in [5, 5.41) is 4.58. The van der Waals surface area contributed by atoms with Gasteiger partial charge in [0.25, 0.3) is 0 Å². The van der Waals surface area contributed by atoms with Gasteiger partial charge in [-0.3, -0.25) is 0 Å². The molecule has 0 unspecified atom stereocenters. The molecule has 3 heteroatoms. The number of hydrogen-bond donors (Lipinski definition) is 0. The number of hydrogen-bond acceptors (Lipinski definition) is 3. The molecule has 0 amide bonds. The second-order valence-corrected chi connectivity index (χ2v) is 13.7. The topological polar surface area (TPSA) is 0 Å². The van der Waals surface area contributed by atoms with Gasteiger partial charge in [0.15, 0.2) is 0 Å². The van der Waals surface area contributed by atoms with Gasteiger partial charge >= 0.3 is 0 Å². The highest BCUT2D eigenvalue weighted by Gasteiger charge is 2.49. The van der Waals surface area contributed by atoms with Crippen molar-refractivity contribution in [1.82, 2.24) is 0 Å². The van der Waals surface area contributed by atoms with Crippen LogP contribution in [-0.4, -0.2) is 0 Å². The molecule has 0 aliphatic heterocycles. The largest absolute Gasteiger partial charge is 0.143 e. The number of rotatable bonds is 12. The Morgan fingerprint density at radius 3 is 1.74 bits per heavy atom. The fraction of sp³-hybridized carbons (Fsp3) is 0.371. The van der Waals surface area contributed by atoms with Gasteiger partial charge in [-0.1, -0.05) is 101 Å². The molecule has 0 nitrogen and oxygen atoms in total. The van der Waals surface area contributed by atoms with E-state index in [4.69, 9.17) is 0 Å². The molecule has 0 saturated carbocycles. The predicted molar refractivity (Wildman–Crippen MR) is 171 cm³/mol. The van der Waals surface area contributed by atoms with Crippen molar-refractivity contribution >= 4 is 43.4 Å². The second-order valence-electron chi connectivity index (χ2n) is 10.8. The summed E-state index contributed by atoms with van der Waals surface area (Å²) in [7, 11) is 0. The van der Waals surface area contributed by atoms with Gasteiger partial charge in [-0.2, -0.15) is 0 Å². The molecule has 3 heterocycles. The number of unbranched alkanes of at least 4 members (excludes halogenated alkanes) is 6. The molecule has 1 aliphatic carbocycles. The Kier molecular flexibility index (Phi) is 7.88. The third-order valence-corrected chi connectivity index (χ3v) is 11.7. The summed E-state index contributed by atoms with van der Waals surface area (Å²) in [5.74, 6) is 0. The van der Waals surface area contributed by atoms with Gasteiger partial charge in [0, 0.05) is 15.1 Å². The van der Waals surface area contributed by atoms with Gasteiger partial charge in [0.1, 0.15) is 0 Å². The van der Waals surface area contributed by atoms with E-state index in [0.717, 1.165) is 0 Å². The lowest BCUT2D eigenvalue weighted by molar-refractivity contribution is 0.666. The maximum absolute atomic E-state index is 2.45. The van der Waals surface area contributed by atoms with Crippen molar-refractivity contribution < 1.29 is 0 Å². The molecule has 38 heavy (non-hydrogen) atoms. The molecule has 0 radical (unpaired) electrons. The first-order valence-corrected chi connectivity index (χ1v) is 17.1. The van der Waals surface area contributed by atoms with E-state index in [1.54, 1.807) is 0 Å². The zero-order valence-electron chi connectivity index (χ0n) is 22.7.